The van der Waals surface area contributed by atoms with Gasteiger partial charge in [0.2, 0.25) is 0 Å². The monoisotopic (exact) mass is 259 g/mol. The van der Waals surface area contributed by atoms with Crippen molar-refractivity contribution in [2.24, 2.45) is 0 Å². The van der Waals surface area contributed by atoms with Crippen molar-refractivity contribution < 1.29 is 9.53 Å². The summed E-state index contributed by atoms with van der Waals surface area (Å²) < 4.78 is 6.02. The molecule has 1 aliphatic heterocycles. The summed E-state index contributed by atoms with van der Waals surface area (Å²) in [6.45, 7) is 9.86. The topological polar surface area (TPSA) is 32.7 Å². The number of nitrogens with zero attached hydrogens (tertiary/aromatic N) is 1. The summed E-state index contributed by atoms with van der Waals surface area (Å²) in [5.74, 6) is 0. The Labute approximate surface area is 107 Å². The van der Waals surface area contributed by atoms with Crippen LogP contribution < -0.4 is 0 Å². The molecule has 17 heavy (non-hydrogen) atoms. The minimum atomic E-state index is -1.44. The summed E-state index contributed by atoms with van der Waals surface area (Å²) in [5, 5.41) is 9.70. The molecule has 1 N–H and O–H groups in total. The molecular formula is C13H29NO2Si. The summed E-state index contributed by atoms with van der Waals surface area (Å²) in [4.78, 5) is 2.20. The van der Waals surface area contributed by atoms with Crippen LogP contribution in [0.4, 0.5) is 0 Å². The molecule has 1 fully saturated rings. The molecule has 3 nitrogen and oxygen atoms in total. The maximum atomic E-state index is 9.70. The Balaban J connectivity index is 2.11. The number of hydrogen-bond acceptors (Lipinski definition) is 3. The first-order valence-corrected chi connectivity index (χ1v) is 10.2. The molecule has 1 saturated heterocycles. The van der Waals surface area contributed by atoms with Crippen LogP contribution in [-0.2, 0) is 4.43 Å². The summed E-state index contributed by atoms with van der Waals surface area (Å²) >= 11 is 0. The molecule has 0 amide bonds. The van der Waals surface area contributed by atoms with Gasteiger partial charge in [-0.2, -0.15) is 0 Å². The van der Waals surface area contributed by atoms with E-state index in [0.29, 0.717) is 0 Å². The molecule has 0 radical (unpaired) electrons. The average Bonchev–Trinajstić information content (AvgIpc) is 2.64. The molecule has 1 atom stereocenters. The van der Waals surface area contributed by atoms with Crippen molar-refractivity contribution in [3.05, 3.63) is 0 Å². The molecule has 0 saturated carbocycles. The van der Waals surface area contributed by atoms with Gasteiger partial charge in [-0.3, -0.25) is 4.90 Å². The van der Waals surface area contributed by atoms with Crippen molar-refractivity contribution in [1.82, 2.24) is 4.90 Å². The van der Waals surface area contributed by atoms with Gasteiger partial charge in [0.05, 0.1) is 0 Å². The Morgan fingerprint density at radius 2 is 2.12 bits per heavy atom. The SMILES string of the molecule is CCCCO[Si](C)(C)CCCN1CCCC1O. The van der Waals surface area contributed by atoms with Gasteiger partial charge in [0, 0.05) is 19.7 Å². The van der Waals surface area contributed by atoms with Gasteiger partial charge in [-0.1, -0.05) is 13.3 Å². The lowest BCUT2D eigenvalue weighted by Crippen LogP contribution is -2.34. The zero-order valence-corrected chi connectivity index (χ0v) is 12.7. The van der Waals surface area contributed by atoms with E-state index < -0.39 is 8.32 Å². The van der Waals surface area contributed by atoms with E-state index >= 15 is 0 Å². The first-order chi connectivity index (χ1) is 8.05. The summed E-state index contributed by atoms with van der Waals surface area (Å²) in [5.41, 5.74) is 0. The van der Waals surface area contributed by atoms with Crippen LogP contribution in [0.25, 0.3) is 0 Å². The van der Waals surface area contributed by atoms with Crippen molar-refractivity contribution in [2.75, 3.05) is 19.7 Å². The van der Waals surface area contributed by atoms with Gasteiger partial charge in [-0.15, -0.1) is 0 Å². The van der Waals surface area contributed by atoms with Gasteiger partial charge in [0.1, 0.15) is 6.23 Å². The second-order valence-electron chi connectivity index (χ2n) is 5.72. The molecule has 1 aliphatic rings. The van der Waals surface area contributed by atoms with E-state index in [1.807, 2.05) is 0 Å². The molecule has 1 unspecified atom stereocenters. The van der Waals surface area contributed by atoms with Crippen molar-refractivity contribution >= 4 is 8.32 Å². The minimum Gasteiger partial charge on any atom is -0.417 e. The molecule has 0 aromatic heterocycles. The van der Waals surface area contributed by atoms with Gasteiger partial charge in [0.15, 0.2) is 8.32 Å². The predicted molar refractivity (Wildman–Crippen MR) is 74.6 cm³/mol. The highest BCUT2D eigenvalue weighted by atomic mass is 28.4. The molecule has 102 valence electrons. The Morgan fingerprint density at radius 1 is 1.35 bits per heavy atom. The highest BCUT2D eigenvalue weighted by Gasteiger charge is 2.25. The largest absolute Gasteiger partial charge is 0.417 e. The molecule has 1 rings (SSSR count). The van der Waals surface area contributed by atoms with Crippen LogP contribution in [0.15, 0.2) is 0 Å². The maximum absolute atomic E-state index is 9.70. The Morgan fingerprint density at radius 3 is 2.71 bits per heavy atom. The van der Waals surface area contributed by atoms with Crippen LogP contribution in [0, 0.1) is 0 Å². The van der Waals surface area contributed by atoms with Gasteiger partial charge in [0.25, 0.3) is 0 Å². The normalized spacial score (nSPS) is 22.2. The van der Waals surface area contributed by atoms with Crippen LogP contribution in [-0.4, -0.2) is 44.2 Å². The fraction of sp³-hybridized carbons (Fsp3) is 1.00. The molecule has 0 aliphatic carbocycles. The molecule has 0 aromatic rings. The number of likely N-dealkylation sites (tertiary alicyclic amines) is 1. The van der Waals surface area contributed by atoms with E-state index in [2.05, 4.69) is 24.9 Å². The van der Waals surface area contributed by atoms with Gasteiger partial charge < -0.3 is 9.53 Å². The van der Waals surface area contributed by atoms with E-state index in [0.717, 1.165) is 32.5 Å². The van der Waals surface area contributed by atoms with Crippen LogP contribution in [0.2, 0.25) is 19.1 Å². The number of unbranched alkanes of at least 4 members (excludes halogenated alkanes) is 1. The lowest BCUT2D eigenvalue weighted by molar-refractivity contribution is 0.0382. The zero-order chi connectivity index (χ0) is 12.7. The molecule has 0 bridgehead atoms. The average molecular weight is 259 g/mol. The molecular weight excluding hydrogens is 230 g/mol. The Hall–Kier alpha value is 0.0969. The summed E-state index contributed by atoms with van der Waals surface area (Å²) in [7, 11) is -1.44. The first kappa shape index (κ1) is 15.2. The summed E-state index contributed by atoms with van der Waals surface area (Å²) in [6.07, 6.45) is 5.48. The van der Waals surface area contributed by atoms with Crippen LogP contribution in [0.1, 0.15) is 39.0 Å². The van der Waals surface area contributed by atoms with E-state index in [-0.39, 0.29) is 6.23 Å². The quantitative estimate of drug-likeness (QED) is 0.537. The third-order valence-corrected chi connectivity index (χ3v) is 6.09. The highest BCUT2D eigenvalue weighted by Crippen LogP contribution is 2.18. The second-order valence-corrected chi connectivity index (χ2v) is 10.0. The lowest BCUT2D eigenvalue weighted by atomic mass is 10.4. The minimum absolute atomic E-state index is 0.180. The standard InChI is InChI=1S/C13H29NO2Si/c1-4-5-11-16-17(2,3)12-7-10-14-9-6-8-13(14)15/h13,15H,4-12H2,1-3H3. The zero-order valence-electron chi connectivity index (χ0n) is 11.7. The second kappa shape index (κ2) is 7.51. The highest BCUT2D eigenvalue weighted by molar-refractivity contribution is 6.71. The van der Waals surface area contributed by atoms with Crippen LogP contribution in [0.5, 0.6) is 0 Å². The molecule has 4 heteroatoms. The fourth-order valence-corrected chi connectivity index (χ4v) is 4.19. The molecule has 0 spiro atoms. The number of hydrogen-bond donors (Lipinski definition) is 1. The Bertz CT molecular complexity index is 212. The predicted octanol–water partition coefficient (Wildman–Crippen LogP) is 2.81. The van der Waals surface area contributed by atoms with Crippen molar-refractivity contribution in [3.63, 3.8) is 0 Å². The first-order valence-electron chi connectivity index (χ1n) is 7.11. The van der Waals surface area contributed by atoms with Crippen LogP contribution in [0.3, 0.4) is 0 Å². The smallest absolute Gasteiger partial charge is 0.186 e. The van der Waals surface area contributed by atoms with E-state index in [9.17, 15) is 5.11 Å². The van der Waals surface area contributed by atoms with Gasteiger partial charge in [-0.25, -0.2) is 0 Å². The van der Waals surface area contributed by atoms with E-state index in [4.69, 9.17) is 4.43 Å². The number of aliphatic hydroxyl groups excluding tert-OH is 1. The Kier molecular flexibility index (Phi) is 6.70. The number of rotatable bonds is 8. The fourth-order valence-electron chi connectivity index (χ4n) is 2.34. The van der Waals surface area contributed by atoms with E-state index in [1.54, 1.807) is 0 Å². The van der Waals surface area contributed by atoms with Crippen molar-refractivity contribution in [2.45, 2.75) is 64.4 Å². The maximum Gasteiger partial charge on any atom is 0.186 e. The van der Waals surface area contributed by atoms with E-state index in [1.165, 1.54) is 25.3 Å². The van der Waals surface area contributed by atoms with Gasteiger partial charge >= 0.3 is 0 Å². The van der Waals surface area contributed by atoms with Gasteiger partial charge in [-0.05, 0) is 44.8 Å². The molecule has 0 aromatic carbocycles. The third kappa shape index (κ3) is 6.00. The number of aliphatic hydroxyl groups is 1. The molecule has 1 heterocycles. The lowest BCUT2D eigenvalue weighted by Gasteiger charge is -2.25. The van der Waals surface area contributed by atoms with Crippen molar-refractivity contribution in [1.29, 1.82) is 0 Å². The van der Waals surface area contributed by atoms with Crippen molar-refractivity contribution in [3.8, 4) is 0 Å². The van der Waals surface area contributed by atoms with Crippen LogP contribution >= 0.6 is 0 Å². The summed E-state index contributed by atoms with van der Waals surface area (Å²) in [6, 6.07) is 1.21. The third-order valence-electron chi connectivity index (χ3n) is 3.54.